The monoisotopic (exact) mass is 396 g/mol. The average Bonchev–Trinajstić information content (AvgIpc) is 3.40. The van der Waals surface area contributed by atoms with Gasteiger partial charge in [-0.05, 0) is 29.9 Å². The van der Waals surface area contributed by atoms with Crippen molar-refractivity contribution in [3.05, 3.63) is 70.0 Å². The Morgan fingerprint density at radius 3 is 2.64 bits per heavy atom. The van der Waals surface area contributed by atoms with E-state index in [-0.39, 0.29) is 12.1 Å². The van der Waals surface area contributed by atoms with Gasteiger partial charge in [0.15, 0.2) is 0 Å². The highest BCUT2D eigenvalue weighted by Crippen LogP contribution is 2.32. The minimum atomic E-state index is -0.175. The van der Waals surface area contributed by atoms with Gasteiger partial charge in [0.2, 0.25) is 0 Å². The van der Waals surface area contributed by atoms with Crippen LogP contribution in [0.2, 0.25) is 0 Å². The van der Waals surface area contributed by atoms with E-state index in [4.69, 9.17) is 10.5 Å². The molecular formula is C21H24N4O2S. The summed E-state index contributed by atoms with van der Waals surface area (Å²) in [7, 11) is 1.75. The second kappa shape index (κ2) is 8.26. The summed E-state index contributed by atoms with van der Waals surface area (Å²) < 4.78 is 7.08. The van der Waals surface area contributed by atoms with Crippen LogP contribution in [0.25, 0.3) is 0 Å². The predicted octanol–water partition coefficient (Wildman–Crippen LogP) is 3.74. The van der Waals surface area contributed by atoms with Crippen LogP contribution in [0.4, 0.5) is 5.82 Å². The van der Waals surface area contributed by atoms with E-state index in [1.54, 1.807) is 13.2 Å². The molecule has 1 saturated heterocycles. The molecule has 1 aromatic carbocycles. The van der Waals surface area contributed by atoms with Crippen molar-refractivity contribution in [2.24, 2.45) is 0 Å². The number of carbonyl (C=O) groups excluding carboxylic acids is 1. The van der Waals surface area contributed by atoms with Crippen LogP contribution in [0, 0.1) is 0 Å². The maximum atomic E-state index is 12.6. The number of rotatable bonds is 5. The number of nitrogens with two attached hydrogens (primary N) is 1. The van der Waals surface area contributed by atoms with E-state index in [0.717, 1.165) is 31.6 Å². The largest absolute Gasteiger partial charge is 0.383 e. The number of methoxy groups -OCH3 is 1. The molecule has 0 radical (unpaired) electrons. The van der Waals surface area contributed by atoms with Crippen molar-refractivity contribution >= 4 is 23.1 Å². The topological polar surface area (TPSA) is 73.4 Å². The maximum absolute atomic E-state index is 12.6. The predicted molar refractivity (Wildman–Crippen MR) is 110 cm³/mol. The molecule has 7 heteroatoms. The van der Waals surface area contributed by atoms with Gasteiger partial charge in [-0.2, -0.15) is 21.1 Å². The lowest BCUT2D eigenvalue weighted by Crippen LogP contribution is -2.37. The molecular weight excluding hydrogens is 372 g/mol. The number of piperidine rings is 1. The lowest BCUT2D eigenvalue weighted by Gasteiger charge is -2.36. The van der Waals surface area contributed by atoms with Crippen LogP contribution in [0.15, 0.2) is 53.2 Å². The Balaban J connectivity index is 1.44. The molecule has 0 saturated carbocycles. The number of benzene rings is 1. The first kappa shape index (κ1) is 18.9. The molecule has 6 nitrogen and oxygen atoms in total. The van der Waals surface area contributed by atoms with Crippen LogP contribution >= 0.6 is 11.3 Å². The second-order valence-electron chi connectivity index (χ2n) is 7.03. The summed E-state index contributed by atoms with van der Waals surface area (Å²) in [5.74, 6) is 0.516. The highest BCUT2D eigenvalue weighted by atomic mass is 32.1. The summed E-state index contributed by atoms with van der Waals surface area (Å²) in [4.78, 5) is 14.9. The first-order valence-corrected chi connectivity index (χ1v) is 10.4. The Labute approximate surface area is 168 Å². The SMILES string of the molecule is COC(c1ccccc1)N1CCC(c2cc(N)n(C(=O)c3ccsc3)n2)CC1. The van der Waals surface area contributed by atoms with Crippen LogP contribution in [0.5, 0.6) is 0 Å². The molecule has 146 valence electrons. The van der Waals surface area contributed by atoms with Gasteiger partial charge < -0.3 is 10.5 Å². The number of ether oxygens (including phenoxy) is 1. The molecule has 1 unspecified atom stereocenters. The van der Waals surface area contributed by atoms with Crippen LogP contribution in [0.1, 0.15) is 46.6 Å². The van der Waals surface area contributed by atoms with Gasteiger partial charge in [-0.1, -0.05) is 30.3 Å². The molecule has 3 aromatic rings. The molecule has 0 aliphatic carbocycles. The quantitative estimate of drug-likeness (QED) is 0.711. The third-order valence-electron chi connectivity index (χ3n) is 5.30. The fourth-order valence-electron chi connectivity index (χ4n) is 3.83. The second-order valence-corrected chi connectivity index (χ2v) is 7.81. The van der Waals surface area contributed by atoms with E-state index in [2.05, 4.69) is 22.1 Å². The van der Waals surface area contributed by atoms with E-state index in [1.165, 1.54) is 21.6 Å². The van der Waals surface area contributed by atoms with Crippen LogP contribution < -0.4 is 5.73 Å². The lowest BCUT2D eigenvalue weighted by atomic mass is 9.93. The fraction of sp³-hybridized carbons (Fsp3) is 0.333. The highest BCUT2D eigenvalue weighted by molar-refractivity contribution is 7.08. The number of nitrogen functional groups attached to an aromatic ring is 1. The number of carbonyl (C=O) groups is 1. The first-order chi connectivity index (χ1) is 13.7. The van der Waals surface area contributed by atoms with Crippen molar-refractivity contribution in [3.63, 3.8) is 0 Å². The number of thiophene rings is 1. The van der Waals surface area contributed by atoms with Crippen molar-refractivity contribution in [3.8, 4) is 0 Å². The van der Waals surface area contributed by atoms with Crippen LogP contribution in [-0.4, -0.2) is 40.8 Å². The summed E-state index contributed by atoms with van der Waals surface area (Å²) in [5.41, 5.74) is 8.76. The third kappa shape index (κ3) is 3.73. The van der Waals surface area contributed by atoms with E-state index in [0.29, 0.717) is 17.3 Å². The molecule has 1 fully saturated rings. The lowest BCUT2D eigenvalue weighted by molar-refractivity contribution is -0.0464. The summed E-state index contributed by atoms with van der Waals surface area (Å²) in [6.45, 7) is 1.81. The molecule has 0 spiro atoms. The maximum Gasteiger partial charge on any atom is 0.280 e. The van der Waals surface area contributed by atoms with Crippen molar-refractivity contribution in [2.75, 3.05) is 25.9 Å². The van der Waals surface area contributed by atoms with Crippen molar-refractivity contribution in [1.82, 2.24) is 14.7 Å². The number of likely N-dealkylation sites (tertiary alicyclic amines) is 1. The van der Waals surface area contributed by atoms with Crippen LogP contribution in [0.3, 0.4) is 0 Å². The van der Waals surface area contributed by atoms with Crippen molar-refractivity contribution in [2.45, 2.75) is 25.0 Å². The highest BCUT2D eigenvalue weighted by Gasteiger charge is 2.29. The Morgan fingerprint density at radius 2 is 2.00 bits per heavy atom. The van der Waals surface area contributed by atoms with Gasteiger partial charge in [0, 0.05) is 37.6 Å². The molecule has 2 aromatic heterocycles. The van der Waals surface area contributed by atoms with Gasteiger partial charge in [-0.25, -0.2) is 0 Å². The number of hydrogen-bond acceptors (Lipinski definition) is 6. The Bertz CT molecular complexity index is 915. The minimum Gasteiger partial charge on any atom is -0.383 e. The van der Waals surface area contributed by atoms with E-state index < -0.39 is 0 Å². The minimum absolute atomic E-state index is 0.0371. The number of nitrogens with zero attached hydrogens (tertiary/aromatic N) is 3. The molecule has 2 N–H and O–H groups in total. The molecule has 0 bridgehead atoms. The molecule has 4 rings (SSSR count). The average molecular weight is 397 g/mol. The molecule has 3 heterocycles. The summed E-state index contributed by atoms with van der Waals surface area (Å²) in [6, 6.07) is 13.9. The zero-order valence-corrected chi connectivity index (χ0v) is 16.6. The Kier molecular flexibility index (Phi) is 5.57. The fourth-order valence-corrected chi connectivity index (χ4v) is 4.46. The number of aromatic nitrogens is 2. The number of hydrogen-bond donors (Lipinski definition) is 1. The standard InChI is InChI=1S/C21H24N4O2S/c1-27-21(16-5-3-2-4-6-16)24-10-7-15(8-11-24)18-13-19(22)25(23-18)20(26)17-9-12-28-14-17/h2-6,9,12-15,21H,7-8,10-11,22H2,1H3. The summed E-state index contributed by atoms with van der Waals surface area (Å²) >= 11 is 1.49. The third-order valence-corrected chi connectivity index (χ3v) is 5.99. The van der Waals surface area contributed by atoms with Gasteiger partial charge in [-0.3, -0.25) is 9.69 Å². The van der Waals surface area contributed by atoms with Crippen molar-refractivity contribution in [1.29, 1.82) is 0 Å². The molecule has 28 heavy (non-hydrogen) atoms. The normalized spacial score (nSPS) is 16.9. The summed E-state index contributed by atoms with van der Waals surface area (Å²) in [5, 5.41) is 8.23. The Hall–Kier alpha value is -2.48. The molecule has 1 aliphatic heterocycles. The van der Waals surface area contributed by atoms with E-state index in [1.807, 2.05) is 35.0 Å². The van der Waals surface area contributed by atoms with Gasteiger partial charge in [0.1, 0.15) is 12.0 Å². The molecule has 1 aliphatic rings. The van der Waals surface area contributed by atoms with Gasteiger partial charge in [-0.15, -0.1) is 0 Å². The zero-order chi connectivity index (χ0) is 19.5. The van der Waals surface area contributed by atoms with Crippen molar-refractivity contribution < 1.29 is 9.53 Å². The molecule has 0 amide bonds. The smallest absolute Gasteiger partial charge is 0.280 e. The van der Waals surface area contributed by atoms with Gasteiger partial charge >= 0.3 is 0 Å². The van der Waals surface area contributed by atoms with E-state index in [9.17, 15) is 4.79 Å². The van der Waals surface area contributed by atoms with Gasteiger partial charge in [0.25, 0.3) is 5.91 Å². The number of anilines is 1. The summed E-state index contributed by atoms with van der Waals surface area (Å²) in [6.07, 6.45) is 1.87. The van der Waals surface area contributed by atoms with Crippen LogP contribution in [-0.2, 0) is 4.74 Å². The van der Waals surface area contributed by atoms with E-state index >= 15 is 0 Å². The molecule has 1 atom stereocenters. The first-order valence-electron chi connectivity index (χ1n) is 9.41. The zero-order valence-electron chi connectivity index (χ0n) is 15.8. The Morgan fingerprint density at radius 1 is 1.25 bits per heavy atom. The van der Waals surface area contributed by atoms with Gasteiger partial charge in [0.05, 0.1) is 11.3 Å².